The van der Waals surface area contributed by atoms with Crippen molar-refractivity contribution in [2.75, 3.05) is 17.4 Å². The first kappa shape index (κ1) is 32.2. The summed E-state index contributed by atoms with van der Waals surface area (Å²) in [5.74, 6) is -0.563. The van der Waals surface area contributed by atoms with E-state index in [9.17, 15) is 18.0 Å². The van der Waals surface area contributed by atoms with Crippen LogP contribution in [0.2, 0.25) is 5.02 Å². The molecule has 0 saturated heterocycles. The lowest BCUT2D eigenvalue weighted by molar-refractivity contribution is -0.140. The topological polar surface area (TPSA) is 86.8 Å². The Balaban J connectivity index is 2.09. The van der Waals surface area contributed by atoms with Gasteiger partial charge in [0.05, 0.1) is 10.6 Å². The second kappa shape index (κ2) is 14.5. The molecule has 0 aliphatic rings. The van der Waals surface area contributed by atoms with Gasteiger partial charge in [-0.05, 0) is 61.1 Å². The first-order valence-corrected chi connectivity index (χ1v) is 15.8. The number of nitrogens with one attached hydrogen (secondary N) is 1. The molecule has 0 aromatic heterocycles. The summed E-state index contributed by atoms with van der Waals surface area (Å²) in [6.07, 6.45) is 0.916. The number of rotatable bonds is 13. The molecule has 41 heavy (non-hydrogen) atoms. The minimum atomic E-state index is -4.13. The van der Waals surface area contributed by atoms with Gasteiger partial charge in [-0.15, -0.1) is 0 Å². The molecule has 0 unspecified atom stereocenters. The number of aryl methyl sites for hydroxylation is 2. The molecule has 0 radical (unpaired) electrons. The Morgan fingerprint density at radius 2 is 1.51 bits per heavy atom. The van der Waals surface area contributed by atoms with Crippen LogP contribution in [0.3, 0.4) is 0 Å². The van der Waals surface area contributed by atoms with Crippen molar-refractivity contribution in [2.24, 2.45) is 5.92 Å². The zero-order valence-electron chi connectivity index (χ0n) is 24.4. The number of hydrogen-bond acceptors (Lipinski definition) is 4. The zero-order valence-corrected chi connectivity index (χ0v) is 26.0. The van der Waals surface area contributed by atoms with Crippen molar-refractivity contribution in [3.8, 4) is 0 Å². The molecule has 3 aromatic rings. The third-order valence-electron chi connectivity index (χ3n) is 6.90. The van der Waals surface area contributed by atoms with E-state index in [2.05, 4.69) is 5.32 Å². The van der Waals surface area contributed by atoms with E-state index in [1.807, 2.05) is 52.8 Å². The summed E-state index contributed by atoms with van der Waals surface area (Å²) in [6.45, 7) is 9.67. The molecule has 0 heterocycles. The lowest BCUT2D eigenvalue weighted by Crippen LogP contribution is -2.52. The van der Waals surface area contributed by atoms with E-state index in [1.54, 1.807) is 54.6 Å². The van der Waals surface area contributed by atoms with E-state index in [0.29, 0.717) is 35.7 Å². The predicted molar refractivity (Wildman–Crippen MR) is 165 cm³/mol. The highest BCUT2D eigenvalue weighted by atomic mass is 35.5. The van der Waals surface area contributed by atoms with Crippen LogP contribution >= 0.6 is 11.6 Å². The third kappa shape index (κ3) is 8.11. The van der Waals surface area contributed by atoms with Crippen LogP contribution < -0.4 is 9.62 Å². The van der Waals surface area contributed by atoms with Gasteiger partial charge in [0.15, 0.2) is 0 Å². The Bertz CT molecular complexity index is 1440. The molecule has 0 fully saturated rings. The molecular formula is C32H40ClN3O4S. The molecule has 1 atom stereocenters. The van der Waals surface area contributed by atoms with E-state index >= 15 is 0 Å². The van der Waals surface area contributed by atoms with Crippen LogP contribution in [0, 0.1) is 12.8 Å². The van der Waals surface area contributed by atoms with Crippen LogP contribution in [-0.2, 0) is 32.6 Å². The van der Waals surface area contributed by atoms with Crippen LogP contribution in [0.5, 0.6) is 0 Å². The molecule has 0 saturated carbocycles. The van der Waals surface area contributed by atoms with Gasteiger partial charge in [-0.2, -0.15) is 0 Å². The summed E-state index contributed by atoms with van der Waals surface area (Å²) in [5, 5.41) is 3.40. The van der Waals surface area contributed by atoms with E-state index < -0.39 is 28.5 Å². The maximum atomic E-state index is 14.2. The molecule has 220 valence electrons. The van der Waals surface area contributed by atoms with Crippen molar-refractivity contribution in [3.05, 3.63) is 94.5 Å². The molecule has 9 heteroatoms. The first-order chi connectivity index (χ1) is 19.5. The molecule has 0 spiro atoms. The monoisotopic (exact) mass is 597 g/mol. The zero-order chi connectivity index (χ0) is 30.2. The summed E-state index contributed by atoms with van der Waals surface area (Å²) in [6, 6.07) is 20.0. The summed E-state index contributed by atoms with van der Waals surface area (Å²) >= 11 is 6.46. The molecule has 3 aromatic carbocycles. The summed E-state index contributed by atoms with van der Waals surface area (Å²) < 4.78 is 29.3. The first-order valence-electron chi connectivity index (χ1n) is 14.0. The van der Waals surface area contributed by atoms with Gasteiger partial charge in [-0.1, -0.05) is 93.4 Å². The quantitative estimate of drug-likeness (QED) is 0.262. The molecule has 7 nitrogen and oxygen atoms in total. The Morgan fingerprint density at radius 1 is 0.902 bits per heavy atom. The second-order valence-electron chi connectivity index (χ2n) is 10.5. The summed E-state index contributed by atoms with van der Waals surface area (Å²) in [7, 11) is -4.13. The van der Waals surface area contributed by atoms with Crippen LogP contribution in [0.1, 0.15) is 50.8 Å². The molecular weight excluding hydrogens is 558 g/mol. The maximum absolute atomic E-state index is 14.2. The van der Waals surface area contributed by atoms with Gasteiger partial charge < -0.3 is 10.2 Å². The maximum Gasteiger partial charge on any atom is 0.264 e. The number of para-hydroxylation sites is 1. The Hall–Kier alpha value is -3.36. The number of sulfonamides is 1. The highest BCUT2D eigenvalue weighted by molar-refractivity contribution is 7.92. The molecule has 0 bridgehead atoms. The number of benzene rings is 3. The molecule has 0 aliphatic carbocycles. The Kier molecular flexibility index (Phi) is 11.4. The van der Waals surface area contributed by atoms with Crippen molar-refractivity contribution in [3.63, 3.8) is 0 Å². The average Bonchev–Trinajstić information content (AvgIpc) is 2.95. The second-order valence-corrected chi connectivity index (χ2v) is 12.8. The van der Waals surface area contributed by atoms with Crippen molar-refractivity contribution < 1.29 is 18.0 Å². The van der Waals surface area contributed by atoms with Gasteiger partial charge >= 0.3 is 0 Å². The fraction of sp³-hybridized carbons (Fsp3) is 0.375. The highest BCUT2D eigenvalue weighted by Gasteiger charge is 2.34. The molecule has 1 N–H and O–H groups in total. The number of halogens is 1. The number of carbonyl (C=O) groups excluding carboxylic acids is 2. The third-order valence-corrected chi connectivity index (χ3v) is 9.04. The van der Waals surface area contributed by atoms with E-state index in [4.69, 9.17) is 11.6 Å². The van der Waals surface area contributed by atoms with Gasteiger partial charge in [-0.25, -0.2) is 8.42 Å². The Morgan fingerprint density at radius 3 is 2.10 bits per heavy atom. The lowest BCUT2D eigenvalue weighted by atomic mass is 10.1. The van der Waals surface area contributed by atoms with Crippen molar-refractivity contribution in [1.29, 1.82) is 0 Å². The smallest absolute Gasteiger partial charge is 0.264 e. The molecule has 0 aliphatic heterocycles. The van der Waals surface area contributed by atoms with Crippen molar-refractivity contribution in [1.82, 2.24) is 10.2 Å². The van der Waals surface area contributed by atoms with Gasteiger partial charge in [0, 0.05) is 18.1 Å². The lowest BCUT2D eigenvalue weighted by Gasteiger charge is -2.34. The predicted octanol–water partition coefficient (Wildman–Crippen LogP) is 5.99. The number of nitrogens with zero attached hydrogens (tertiary/aromatic N) is 2. The standard InChI is InChI=1S/C32H40ClN3O4S/c1-6-25-12-9-11-15-30(25)36(41(39,40)27-18-16-24(5)17-19-27)22-31(37)35(21-26-13-8-10-14-28(26)33)29(7-2)32(38)34-20-23(3)4/h8-19,23,29H,6-7,20-22H2,1-5H3,(H,34,38)/t29-/m1/s1. The van der Waals surface area contributed by atoms with E-state index in [1.165, 1.54) is 4.90 Å². The van der Waals surface area contributed by atoms with Gasteiger partial charge in [0.2, 0.25) is 11.8 Å². The fourth-order valence-corrected chi connectivity index (χ4v) is 6.20. The van der Waals surface area contributed by atoms with Gasteiger partial charge in [0.1, 0.15) is 12.6 Å². The van der Waals surface area contributed by atoms with Crippen LogP contribution in [-0.4, -0.2) is 44.3 Å². The van der Waals surface area contributed by atoms with E-state index in [-0.39, 0.29) is 23.3 Å². The fourth-order valence-electron chi connectivity index (χ4n) is 4.56. The summed E-state index contributed by atoms with van der Waals surface area (Å²) in [4.78, 5) is 29.1. The van der Waals surface area contributed by atoms with Gasteiger partial charge in [0.25, 0.3) is 10.0 Å². The van der Waals surface area contributed by atoms with Crippen LogP contribution in [0.25, 0.3) is 0 Å². The van der Waals surface area contributed by atoms with E-state index in [0.717, 1.165) is 15.4 Å². The normalized spacial score (nSPS) is 12.2. The SMILES string of the molecule is CCc1ccccc1N(CC(=O)N(Cc1ccccc1Cl)[C@H](CC)C(=O)NCC(C)C)S(=O)(=O)c1ccc(C)cc1. The number of anilines is 1. The number of amides is 2. The van der Waals surface area contributed by atoms with Crippen LogP contribution in [0.15, 0.2) is 77.7 Å². The number of hydrogen-bond donors (Lipinski definition) is 1. The van der Waals surface area contributed by atoms with Crippen molar-refractivity contribution >= 4 is 39.1 Å². The Labute approximate surface area is 249 Å². The minimum Gasteiger partial charge on any atom is -0.354 e. The number of carbonyl (C=O) groups is 2. The van der Waals surface area contributed by atoms with Gasteiger partial charge in [-0.3, -0.25) is 13.9 Å². The summed E-state index contributed by atoms with van der Waals surface area (Å²) in [5.41, 5.74) is 2.80. The van der Waals surface area contributed by atoms with Crippen molar-refractivity contribution in [2.45, 2.75) is 64.9 Å². The van der Waals surface area contributed by atoms with Crippen LogP contribution in [0.4, 0.5) is 5.69 Å². The minimum absolute atomic E-state index is 0.0555. The molecule has 3 rings (SSSR count). The average molecular weight is 598 g/mol. The molecule has 2 amide bonds. The largest absolute Gasteiger partial charge is 0.354 e. The highest BCUT2D eigenvalue weighted by Crippen LogP contribution is 2.29.